The molecule has 1 unspecified atom stereocenters. The quantitative estimate of drug-likeness (QED) is 0.486. The Kier molecular flexibility index (Phi) is 3.29. The van der Waals surface area contributed by atoms with Gasteiger partial charge >= 0.3 is 5.97 Å². The Labute approximate surface area is 129 Å². The lowest BCUT2D eigenvalue weighted by Crippen LogP contribution is -2.44. The fraction of sp³-hybridized carbons (Fsp3) is 0.333. The van der Waals surface area contributed by atoms with Gasteiger partial charge in [-0.05, 0) is 24.5 Å². The molecule has 2 aromatic rings. The van der Waals surface area contributed by atoms with Crippen LogP contribution in [0.2, 0.25) is 0 Å². The number of ketones is 1. The van der Waals surface area contributed by atoms with Crippen molar-refractivity contribution in [2.24, 2.45) is 12.5 Å². The molecule has 1 aliphatic carbocycles. The molecule has 0 fully saturated rings. The topological polar surface area (TPSA) is 48.3 Å². The number of aryl methyl sites for hydroxylation is 2. The van der Waals surface area contributed by atoms with Crippen LogP contribution >= 0.6 is 0 Å². The van der Waals surface area contributed by atoms with Gasteiger partial charge in [0.05, 0.1) is 12.8 Å². The van der Waals surface area contributed by atoms with Gasteiger partial charge in [-0.3, -0.25) is 9.59 Å². The maximum absolute atomic E-state index is 13.1. The van der Waals surface area contributed by atoms with Crippen molar-refractivity contribution in [3.63, 3.8) is 0 Å². The van der Waals surface area contributed by atoms with Gasteiger partial charge in [-0.25, -0.2) is 0 Å². The molecule has 22 heavy (non-hydrogen) atoms. The zero-order valence-electron chi connectivity index (χ0n) is 12.7. The van der Waals surface area contributed by atoms with Gasteiger partial charge in [0.2, 0.25) is 0 Å². The minimum atomic E-state index is -1.25. The lowest BCUT2D eigenvalue weighted by Gasteiger charge is -2.31. The Morgan fingerprint density at radius 3 is 2.86 bits per heavy atom. The number of esters is 1. The number of benzene rings is 1. The molecule has 0 amide bonds. The number of fused-ring (bicyclic) bond motifs is 3. The summed E-state index contributed by atoms with van der Waals surface area (Å²) in [7, 11) is 3.15. The molecule has 0 N–H and O–H groups in total. The number of carbonyl (C=O) groups excluding carboxylic acids is 2. The van der Waals surface area contributed by atoms with Crippen LogP contribution in [-0.2, 0) is 23.0 Å². The molecule has 1 atom stereocenters. The number of Topliss-reactive ketones (excluding diaryl/α,β-unsaturated/α-hetero) is 1. The van der Waals surface area contributed by atoms with E-state index in [0.717, 1.165) is 16.5 Å². The summed E-state index contributed by atoms with van der Waals surface area (Å²) in [6, 6.07) is 7.87. The second kappa shape index (κ2) is 5.03. The van der Waals surface area contributed by atoms with Gasteiger partial charge in [-0.15, -0.1) is 12.3 Å². The highest BCUT2D eigenvalue weighted by Crippen LogP contribution is 2.42. The van der Waals surface area contributed by atoms with Crippen molar-refractivity contribution >= 4 is 22.7 Å². The van der Waals surface area contributed by atoms with E-state index in [9.17, 15) is 9.59 Å². The summed E-state index contributed by atoms with van der Waals surface area (Å²) in [5.41, 5.74) is 1.31. The van der Waals surface area contributed by atoms with Crippen molar-refractivity contribution in [3.8, 4) is 12.3 Å². The summed E-state index contributed by atoms with van der Waals surface area (Å²) in [5.74, 6) is 1.72. The van der Waals surface area contributed by atoms with E-state index < -0.39 is 11.4 Å². The van der Waals surface area contributed by atoms with Gasteiger partial charge in [-0.2, -0.15) is 0 Å². The lowest BCUT2D eigenvalue weighted by molar-refractivity contribution is -0.150. The molecule has 112 valence electrons. The van der Waals surface area contributed by atoms with Crippen molar-refractivity contribution in [2.75, 3.05) is 7.11 Å². The zero-order chi connectivity index (χ0) is 15.9. The molecular formula is C18H17NO3. The van der Waals surface area contributed by atoms with E-state index in [1.165, 1.54) is 7.11 Å². The SMILES string of the molecule is C#CCC1(C(=O)OC)CCc2c(n(C)c3ccccc23)C1=O. The number of ether oxygens (including phenoxy) is 1. The molecule has 1 heterocycles. The molecule has 0 radical (unpaired) electrons. The smallest absolute Gasteiger partial charge is 0.320 e. The molecule has 3 rings (SSSR count). The van der Waals surface area contributed by atoms with Gasteiger partial charge < -0.3 is 9.30 Å². The van der Waals surface area contributed by atoms with E-state index in [1.54, 1.807) is 0 Å². The van der Waals surface area contributed by atoms with Gasteiger partial charge in [-0.1, -0.05) is 18.2 Å². The number of nitrogens with zero attached hydrogens (tertiary/aromatic N) is 1. The highest BCUT2D eigenvalue weighted by atomic mass is 16.5. The van der Waals surface area contributed by atoms with Crippen LogP contribution in [-0.4, -0.2) is 23.4 Å². The van der Waals surface area contributed by atoms with Crippen LogP contribution in [0.1, 0.15) is 28.9 Å². The van der Waals surface area contributed by atoms with E-state index in [2.05, 4.69) is 5.92 Å². The first-order valence-corrected chi connectivity index (χ1v) is 7.20. The van der Waals surface area contributed by atoms with Crippen molar-refractivity contribution in [2.45, 2.75) is 19.3 Å². The molecular weight excluding hydrogens is 278 g/mol. The highest BCUT2D eigenvalue weighted by Gasteiger charge is 2.51. The van der Waals surface area contributed by atoms with Crippen molar-refractivity contribution in [1.29, 1.82) is 0 Å². The number of carbonyl (C=O) groups is 2. The second-order valence-electron chi connectivity index (χ2n) is 5.69. The molecule has 4 heteroatoms. The standard InChI is InChI=1S/C18H17NO3/c1-4-10-18(17(21)22-3)11-9-13-12-7-5-6-8-14(12)19(2)15(13)16(18)20/h1,5-8H,9-11H2,2-3H3. The van der Waals surface area contributed by atoms with E-state index in [4.69, 9.17) is 11.2 Å². The van der Waals surface area contributed by atoms with E-state index in [-0.39, 0.29) is 12.2 Å². The summed E-state index contributed by atoms with van der Waals surface area (Å²) < 4.78 is 6.74. The maximum Gasteiger partial charge on any atom is 0.320 e. The van der Waals surface area contributed by atoms with Crippen LogP contribution in [0.15, 0.2) is 24.3 Å². The maximum atomic E-state index is 13.1. The number of aromatic nitrogens is 1. The van der Waals surface area contributed by atoms with Crippen LogP contribution in [0.4, 0.5) is 0 Å². The summed E-state index contributed by atoms with van der Waals surface area (Å²) in [4.78, 5) is 25.4. The normalized spacial score (nSPS) is 20.5. The summed E-state index contributed by atoms with van der Waals surface area (Å²) in [6.07, 6.45) is 6.52. The zero-order valence-corrected chi connectivity index (χ0v) is 12.7. The third-order valence-electron chi connectivity index (χ3n) is 4.64. The average Bonchev–Trinajstić information content (AvgIpc) is 2.83. The Bertz CT molecular complexity index is 825. The molecule has 1 aromatic heterocycles. The van der Waals surface area contributed by atoms with Crippen LogP contribution < -0.4 is 0 Å². The van der Waals surface area contributed by atoms with E-state index in [1.807, 2.05) is 35.9 Å². The molecule has 0 saturated heterocycles. The number of terminal acetylenes is 1. The predicted molar refractivity (Wildman–Crippen MR) is 83.5 cm³/mol. The number of hydrogen-bond acceptors (Lipinski definition) is 3. The lowest BCUT2D eigenvalue weighted by atomic mass is 9.70. The van der Waals surface area contributed by atoms with Gasteiger partial charge in [0.1, 0.15) is 5.41 Å². The Balaban J connectivity index is 2.25. The molecule has 1 aliphatic rings. The van der Waals surface area contributed by atoms with Crippen molar-refractivity contribution < 1.29 is 14.3 Å². The molecule has 0 saturated carbocycles. The number of rotatable bonds is 2. The minimum Gasteiger partial charge on any atom is -0.468 e. The highest BCUT2D eigenvalue weighted by molar-refractivity contribution is 6.16. The largest absolute Gasteiger partial charge is 0.468 e. The summed E-state index contributed by atoms with van der Waals surface area (Å²) in [5, 5.41) is 1.06. The van der Waals surface area contributed by atoms with E-state index >= 15 is 0 Å². The summed E-state index contributed by atoms with van der Waals surface area (Å²) >= 11 is 0. The van der Waals surface area contributed by atoms with Gasteiger partial charge in [0.25, 0.3) is 0 Å². The second-order valence-corrected chi connectivity index (χ2v) is 5.69. The predicted octanol–water partition coefficient (Wildman–Crippen LogP) is 2.49. The average molecular weight is 295 g/mol. The van der Waals surface area contributed by atoms with E-state index in [0.29, 0.717) is 18.5 Å². The fourth-order valence-electron chi connectivity index (χ4n) is 3.50. The first-order valence-electron chi connectivity index (χ1n) is 7.20. The summed E-state index contributed by atoms with van der Waals surface area (Å²) in [6.45, 7) is 0. The number of para-hydroxylation sites is 1. The van der Waals surface area contributed by atoms with Crippen LogP contribution in [0.5, 0.6) is 0 Å². The Morgan fingerprint density at radius 2 is 2.18 bits per heavy atom. The van der Waals surface area contributed by atoms with Crippen LogP contribution in [0.25, 0.3) is 10.9 Å². The van der Waals surface area contributed by atoms with Gasteiger partial charge in [0, 0.05) is 24.4 Å². The van der Waals surface area contributed by atoms with Crippen molar-refractivity contribution in [3.05, 3.63) is 35.5 Å². The third-order valence-corrected chi connectivity index (χ3v) is 4.64. The first kappa shape index (κ1) is 14.4. The first-order chi connectivity index (χ1) is 10.6. The molecule has 0 bridgehead atoms. The van der Waals surface area contributed by atoms with Crippen LogP contribution in [0, 0.1) is 17.8 Å². The molecule has 0 aliphatic heterocycles. The third kappa shape index (κ3) is 1.72. The Hall–Kier alpha value is -2.54. The Morgan fingerprint density at radius 1 is 1.45 bits per heavy atom. The number of hydrogen-bond donors (Lipinski definition) is 0. The van der Waals surface area contributed by atoms with Gasteiger partial charge in [0.15, 0.2) is 5.78 Å². The minimum absolute atomic E-state index is 0.0689. The molecule has 1 aromatic carbocycles. The monoisotopic (exact) mass is 295 g/mol. The molecule has 4 nitrogen and oxygen atoms in total. The van der Waals surface area contributed by atoms with Crippen LogP contribution in [0.3, 0.4) is 0 Å². The van der Waals surface area contributed by atoms with Crippen molar-refractivity contribution in [1.82, 2.24) is 4.57 Å². The number of methoxy groups -OCH3 is 1. The fourth-order valence-corrected chi connectivity index (χ4v) is 3.50. The molecule has 0 spiro atoms.